The number of carbonyl (C=O) groups excluding carboxylic acids is 3. The molecule has 0 bridgehead atoms. The van der Waals surface area contributed by atoms with Gasteiger partial charge in [-0.1, -0.05) is 0 Å². The molecule has 10 nitrogen and oxygen atoms in total. The van der Waals surface area contributed by atoms with Crippen LogP contribution in [-0.4, -0.2) is 34.8 Å². The summed E-state index contributed by atoms with van der Waals surface area (Å²) >= 11 is 0. The minimum Gasteiger partial charge on any atom is -0.468 e. The summed E-state index contributed by atoms with van der Waals surface area (Å²) in [4.78, 5) is 51.3. The van der Waals surface area contributed by atoms with Crippen molar-refractivity contribution in [1.29, 1.82) is 0 Å². The molecule has 1 unspecified atom stereocenters. The number of nitrogens with zero attached hydrogens (tertiary/aromatic N) is 2. The molecule has 1 aromatic heterocycles. The van der Waals surface area contributed by atoms with Crippen LogP contribution in [0, 0.1) is 10.1 Å². The number of benzene rings is 1. The van der Waals surface area contributed by atoms with Gasteiger partial charge in [-0.2, -0.15) is 0 Å². The Bertz CT molecular complexity index is 975. The van der Waals surface area contributed by atoms with Gasteiger partial charge in [-0.15, -0.1) is 0 Å². The zero-order valence-corrected chi connectivity index (χ0v) is 14.3. The first kappa shape index (κ1) is 18.0. The number of nitro benzene ring substituents is 1. The number of nitro groups is 1. The van der Waals surface area contributed by atoms with Crippen LogP contribution in [-0.2, 0) is 19.7 Å². The molecule has 0 fully saturated rings. The molecule has 3 rings (SSSR count). The first-order valence-electron chi connectivity index (χ1n) is 7.73. The lowest BCUT2D eigenvalue weighted by Crippen LogP contribution is -2.40. The summed E-state index contributed by atoms with van der Waals surface area (Å²) in [5, 5.41) is 16.4. The van der Waals surface area contributed by atoms with Gasteiger partial charge in [0.15, 0.2) is 5.41 Å². The second-order valence-electron chi connectivity index (χ2n) is 5.94. The first-order valence-corrected chi connectivity index (χ1v) is 7.73. The highest BCUT2D eigenvalue weighted by molar-refractivity contribution is 6.19. The van der Waals surface area contributed by atoms with Crippen molar-refractivity contribution < 1.29 is 24.0 Å². The maximum atomic E-state index is 12.3. The summed E-state index contributed by atoms with van der Waals surface area (Å²) in [6, 6.07) is 5.38. The van der Waals surface area contributed by atoms with E-state index in [0.717, 1.165) is 13.2 Å². The Morgan fingerprint density at radius 3 is 2.70 bits per heavy atom. The highest BCUT2D eigenvalue weighted by atomic mass is 16.6. The fourth-order valence-corrected chi connectivity index (χ4v) is 2.82. The number of fused-ring (bicyclic) bond motifs is 1. The number of methoxy groups -OCH3 is 1. The fourth-order valence-electron chi connectivity index (χ4n) is 2.82. The molecule has 1 atom stereocenters. The van der Waals surface area contributed by atoms with Crippen molar-refractivity contribution in [2.24, 2.45) is 0 Å². The predicted octanol–water partition coefficient (Wildman–Crippen LogP) is 1.62. The molecule has 2 heterocycles. The average molecular weight is 370 g/mol. The zero-order valence-electron chi connectivity index (χ0n) is 14.3. The molecule has 10 heteroatoms. The van der Waals surface area contributed by atoms with Crippen LogP contribution < -0.4 is 10.6 Å². The maximum absolute atomic E-state index is 12.3. The third-order valence-corrected chi connectivity index (χ3v) is 4.34. The van der Waals surface area contributed by atoms with Crippen molar-refractivity contribution in [1.82, 2.24) is 4.98 Å². The van der Waals surface area contributed by atoms with Crippen molar-refractivity contribution >= 4 is 34.8 Å². The van der Waals surface area contributed by atoms with E-state index in [1.165, 1.54) is 31.5 Å². The molecule has 0 aliphatic carbocycles. The SMILES string of the molecule is COC(=O)C1(C)C(=O)Nc2cc(NC(=O)c3cccnc3)c([N+](=O)[O-])cc21. The van der Waals surface area contributed by atoms with Gasteiger partial charge in [0.05, 0.1) is 17.6 Å². The molecule has 1 aromatic carbocycles. The van der Waals surface area contributed by atoms with E-state index in [1.807, 2.05) is 0 Å². The number of aromatic nitrogens is 1. The summed E-state index contributed by atoms with van der Waals surface area (Å²) in [7, 11) is 1.12. The van der Waals surface area contributed by atoms with E-state index in [-0.39, 0.29) is 22.5 Å². The van der Waals surface area contributed by atoms with Crippen molar-refractivity contribution in [3.63, 3.8) is 0 Å². The monoisotopic (exact) mass is 370 g/mol. The quantitative estimate of drug-likeness (QED) is 0.360. The Morgan fingerprint density at radius 1 is 1.37 bits per heavy atom. The van der Waals surface area contributed by atoms with Gasteiger partial charge >= 0.3 is 5.97 Å². The standard InChI is InChI=1S/C17H14N4O6/c1-17(16(24)27-2)10-6-13(21(25)26)12(7-11(10)20-15(17)23)19-14(22)9-4-3-5-18-8-9/h3-8H,1-2H3,(H,19,22)(H,20,23). The number of amides is 2. The molecule has 0 saturated carbocycles. The van der Waals surface area contributed by atoms with Gasteiger partial charge in [0.25, 0.3) is 11.6 Å². The molecule has 138 valence electrons. The van der Waals surface area contributed by atoms with Crippen LogP contribution in [0.4, 0.5) is 17.1 Å². The van der Waals surface area contributed by atoms with Gasteiger partial charge in [-0.05, 0) is 25.1 Å². The van der Waals surface area contributed by atoms with Gasteiger partial charge < -0.3 is 15.4 Å². The Morgan fingerprint density at radius 2 is 2.11 bits per heavy atom. The van der Waals surface area contributed by atoms with Crippen molar-refractivity contribution in [3.8, 4) is 0 Å². The lowest BCUT2D eigenvalue weighted by atomic mass is 9.83. The summed E-state index contributed by atoms with van der Waals surface area (Å²) in [5.74, 6) is -2.12. The minimum atomic E-state index is -1.72. The lowest BCUT2D eigenvalue weighted by Gasteiger charge is -2.18. The second-order valence-corrected chi connectivity index (χ2v) is 5.94. The average Bonchev–Trinajstić information content (AvgIpc) is 2.91. The van der Waals surface area contributed by atoms with E-state index in [2.05, 4.69) is 20.4 Å². The lowest BCUT2D eigenvalue weighted by molar-refractivity contribution is -0.384. The fraction of sp³-hybridized carbons (Fsp3) is 0.176. The second kappa shape index (κ2) is 6.48. The van der Waals surface area contributed by atoms with E-state index in [0.29, 0.717) is 0 Å². The molecule has 2 N–H and O–H groups in total. The normalized spacial score (nSPS) is 17.6. The van der Waals surface area contributed by atoms with Crippen LogP contribution in [0.2, 0.25) is 0 Å². The Hall–Kier alpha value is -3.82. The Labute approximate surface area is 152 Å². The number of pyridine rings is 1. The number of ether oxygens (including phenoxy) is 1. The number of anilines is 2. The van der Waals surface area contributed by atoms with Crippen molar-refractivity contribution in [2.45, 2.75) is 12.3 Å². The van der Waals surface area contributed by atoms with Crippen LogP contribution in [0.1, 0.15) is 22.8 Å². The molecular formula is C17H14N4O6. The number of esters is 1. The molecule has 2 amide bonds. The van der Waals surface area contributed by atoms with Gasteiger partial charge in [0, 0.05) is 29.7 Å². The topological polar surface area (TPSA) is 141 Å². The van der Waals surface area contributed by atoms with Crippen molar-refractivity contribution in [3.05, 3.63) is 57.9 Å². The summed E-state index contributed by atoms with van der Waals surface area (Å²) in [6.45, 7) is 1.32. The molecule has 0 radical (unpaired) electrons. The minimum absolute atomic E-state index is 0.102. The Kier molecular flexibility index (Phi) is 4.32. The largest absolute Gasteiger partial charge is 0.468 e. The van der Waals surface area contributed by atoms with E-state index >= 15 is 0 Å². The zero-order chi connectivity index (χ0) is 19.8. The molecule has 2 aromatic rings. The van der Waals surface area contributed by atoms with Gasteiger partial charge in [0.1, 0.15) is 5.69 Å². The Balaban J connectivity index is 2.07. The highest BCUT2D eigenvalue weighted by Gasteiger charge is 2.51. The van der Waals surface area contributed by atoms with Crippen LogP contribution in [0.25, 0.3) is 0 Å². The third-order valence-electron chi connectivity index (χ3n) is 4.34. The molecular weight excluding hydrogens is 356 g/mol. The van der Waals surface area contributed by atoms with E-state index in [4.69, 9.17) is 0 Å². The molecule has 0 saturated heterocycles. The van der Waals surface area contributed by atoms with Gasteiger partial charge in [0.2, 0.25) is 5.91 Å². The molecule has 1 aliphatic rings. The van der Waals surface area contributed by atoms with Crippen LogP contribution in [0.3, 0.4) is 0 Å². The number of nitrogens with one attached hydrogen (secondary N) is 2. The number of rotatable bonds is 4. The van der Waals surface area contributed by atoms with Gasteiger partial charge in [-0.25, -0.2) is 0 Å². The van der Waals surface area contributed by atoms with Crippen LogP contribution in [0.15, 0.2) is 36.7 Å². The molecule has 27 heavy (non-hydrogen) atoms. The smallest absolute Gasteiger partial charge is 0.325 e. The maximum Gasteiger partial charge on any atom is 0.325 e. The van der Waals surface area contributed by atoms with E-state index in [9.17, 15) is 24.5 Å². The van der Waals surface area contributed by atoms with E-state index < -0.39 is 33.8 Å². The summed E-state index contributed by atoms with van der Waals surface area (Å²) in [5.41, 5.74) is -1.82. The summed E-state index contributed by atoms with van der Waals surface area (Å²) < 4.78 is 4.67. The number of hydrogen-bond donors (Lipinski definition) is 2. The first-order chi connectivity index (χ1) is 12.8. The van der Waals surface area contributed by atoms with Crippen LogP contribution >= 0.6 is 0 Å². The summed E-state index contributed by atoms with van der Waals surface area (Å²) in [6.07, 6.45) is 2.79. The number of hydrogen-bond acceptors (Lipinski definition) is 7. The molecule has 0 spiro atoms. The van der Waals surface area contributed by atoms with Crippen molar-refractivity contribution in [2.75, 3.05) is 17.7 Å². The van der Waals surface area contributed by atoms with Gasteiger partial charge in [-0.3, -0.25) is 29.5 Å². The van der Waals surface area contributed by atoms with Crippen LogP contribution in [0.5, 0.6) is 0 Å². The third kappa shape index (κ3) is 2.86. The predicted molar refractivity (Wildman–Crippen MR) is 93.3 cm³/mol. The number of carbonyl (C=O) groups is 3. The van der Waals surface area contributed by atoms with E-state index in [1.54, 1.807) is 6.07 Å². The molecule has 1 aliphatic heterocycles. The highest BCUT2D eigenvalue weighted by Crippen LogP contribution is 2.43.